The molecule has 0 unspecified atom stereocenters. The normalized spacial score (nSPS) is 10.4. The summed E-state index contributed by atoms with van der Waals surface area (Å²) in [4.78, 5) is 4.03. The Morgan fingerprint density at radius 2 is 2.36 bits per heavy atom. The standard InChI is InChI=1S/C10H9BrN2O/c11-10-4-7(6-14-10)3-8-5-13-2-1-9(8)12/h1-2,4-6H,3H2,(H2,12,13). The van der Waals surface area contributed by atoms with E-state index in [1.165, 1.54) is 0 Å². The summed E-state index contributed by atoms with van der Waals surface area (Å²) in [5.74, 6) is 0. The molecule has 14 heavy (non-hydrogen) atoms. The minimum Gasteiger partial charge on any atom is -0.457 e. The Balaban J connectivity index is 2.23. The van der Waals surface area contributed by atoms with Crippen molar-refractivity contribution in [2.75, 3.05) is 5.73 Å². The lowest BCUT2D eigenvalue weighted by molar-refractivity contribution is 0.539. The van der Waals surface area contributed by atoms with E-state index in [4.69, 9.17) is 10.2 Å². The van der Waals surface area contributed by atoms with Crippen LogP contribution < -0.4 is 5.73 Å². The quantitative estimate of drug-likeness (QED) is 0.894. The van der Waals surface area contributed by atoms with Crippen LogP contribution in [0.25, 0.3) is 0 Å². The molecular weight excluding hydrogens is 244 g/mol. The van der Waals surface area contributed by atoms with Crippen LogP contribution in [0.15, 0.2) is 39.9 Å². The zero-order valence-corrected chi connectivity index (χ0v) is 8.99. The second kappa shape index (κ2) is 3.84. The molecule has 0 spiro atoms. The van der Waals surface area contributed by atoms with Crippen molar-refractivity contribution in [3.63, 3.8) is 0 Å². The zero-order valence-electron chi connectivity index (χ0n) is 7.40. The Kier molecular flexibility index (Phi) is 2.54. The highest BCUT2D eigenvalue weighted by molar-refractivity contribution is 9.10. The summed E-state index contributed by atoms with van der Waals surface area (Å²) in [6.45, 7) is 0. The van der Waals surface area contributed by atoms with Crippen LogP contribution in [0.5, 0.6) is 0 Å². The Morgan fingerprint density at radius 3 is 3.00 bits per heavy atom. The maximum atomic E-state index is 5.79. The van der Waals surface area contributed by atoms with Gasteiger partial charge in [0.05, 0.1) is 6.26 Å². The van der Waals surface area contributed by atoms with E-state index in [2.05, 4.69) is 20.9 Å². The minimum atomic E-state index is 0.731. The molecule has 0 aliphatic rings. The molecule has 2 heterocycles. The predicted octanol–water partition coefficient (Wildman–Crippen LogP) is 2.61. The average Bonchev–Trinajstić information content (AvgIpc) is 2.56. The number of furan rings is 1. The summed E-state index contributed by atoms with van der Waals surface area (Å²) in [6.07, 6.45) is 5.91. The van der Waals surface area contributed by atoms with Gasteiger partial charge in [0.1, 0.15) is 0 Å². The summed E-state index contributed by atoms with van der Waals surface area (Å²) < 4.78 is 5.86. The summed E-state index contributed by atoms with van der Waals surface area (Å²) >= 11 is 3.25. The van der Waals surface area contributed by atoms with Gasteiger partial charge < -0.3 is 10.2 Å². The molecule has 0 fully saturated rings. The molecule has 0 aliphatic carbocycles. The van der Waals surface area contributed by atoms with Gasteiger partial charge in [0.2, 0.25) is 0 Å². The molecule has 3 nitrogen and oxygen atoms in total. The van der Waals surface area contributed by atoms with Gasteiger partial charge >= 0.3 is 0 Å². The highest BCUT2D eigenvalue weighted by Crippen LogP contribution is 2.19. The number of aromatic nitrogens is 1. The third kappa shape index (κ3) is 1.96. The van der Waals surface area contributed by atoms with Crippen molar-refractivity contribution in [3.8, 4) is 0 Å². The monoisotopic (exact) mass is 252 g/mol. The number of halogens is 1. The number of pyridine rings is 1. The van der Waals surface area contributed by atoms with Gasteiger partial charge in [0, 0.05) is 24.5 Å². The number of hydrogen-bond acceptors (Lipinski definition) is 3. The molecule has 72 valence electrons. The Morgan fingerprint density at radius 1 is 1.50 bits per heavy atom. The van der Waals surface area contributed by atoms with Crippen LogP contribution in [-0.4, -0.2) is 4.98 Å². The van der Waals surface area contributed by atoms with E-state index in [1.54, 1.807) is 24.7 Å². The first-order valence-corrected chi connectivity index (χ1v) is 4.96. The van der Waals surface area contributed by atoms with Crippen molar-refractivity contribution in [3.05, 3.63) is 46.6 Å². The molecule has 0 aliphatic heterocycles. The fourth-order valence-electron chi connectivity index (χ4n) is 1.24. The molecule has 2 aromatic heterocycles. The highest BCUT2D eigenvalue weighted by atomic mass is 79.9. The molecule has 2 N–H and O–H groups in total. The smallest absolute Gasteiger partial charge is 0.169 e. The van der Waals surface area contributed by atoms with E-state index in [9.17, 15) is 0 Å². The minimum absolute atomic E-state index is 0.731. The summed E-state index contributed by atoms with van der Waals surface area (Å²) in [7, 11) is 0. The van der Waals surface area contributed by atoms with Crippen molar-refractivity contribution in [2.24, 2.45) is 0 Å². The maximum absolute atomic E-state index is 5.79. The van der Waals surface area contributed by atoms with Gasteiger partial charge in [-0.15, -0.1) is 0 Å². The molecule has 0 saturated heterocycles. The van der Waals surface area contributed by atoms with Crippen LogP contribution >= 0.6 is 15.9 Å². The number of nitrogen functional groups attached to an aromatic ring is 1. The van der Waals surface area contributed by atoms with Crippen LogP contribution in [0.1, 0.15) is 11.1 Å². The van der Waals surface area contributed by atoms with Crippen LogP contribution in [0.2, 0.25) is 0 Å². The lowest BCUT2D eigenvalue weighted by Gasteiger charge is -2.01. The molecule has 0 saturated carbocycles. The third-order valence-electron chi connectivity index (χ3n) is 1.96. The summed E-state index contributed by atoms with van der Waals surface area (Å²) in [5, 5.41) is 0. The molecule has 0 aromatic carbocycles. The topological polar surface area (TPSA) is 52.0 Å². The van der Waals surface area contributed by atoms with Crippen molar-refractivity contribution >= 4 is 21.6 Å². The van der Waals surface area contributed by atoms with Crippen LogP contribution in [0.3, 0.4) is 0 Å². The number of rotatable bonds is 2. The molecule has 0 radical (unpaired) electrons. The van der Waals surface area contributed by atoms with Crippen LogP contribution in [0.4, 0.5) is 5.69 Å². The Hall–Kier alpha value is -1.29. The van der Waals surface area contributed by atoms with E-state index in [1.807, 2.05) is 6.07 Å². The summed E-state index contributed by atoms with van der Waals surface area (Å²) in [6, 6.07) is 3.72. The molecule has 0 atom stereocenters. The van der Waals surface area contributed by atoms with Gasteiger partial charge in [-0.1, -0.05) is 0 Å². The van der Waals surface area contributed by atoms with E-state index in [0.29, 0.717) is 0 Å². The fourth-order valence-corrected chi connectivity index (χ4v) is 1.63. The Bertz CT molecular complexity index is 439. The SMILES string of the molecule is Nc1ccncc1Cc1coc(Br)c1. The van der Waals surface area contributed by atoms with Crippen molar-refractivity contribution in [2.45, 2.75) is 6.42 Å². The Labute approximate surface area is 90.1 Å². The van der Waals surface area contributed by atoms with E-state index in [0.717, 1.165) is 27.9 Å². The van der Waals surface area contributed by atoms with Gasteiger partial charge in [0.25, 0.3) is 0 Å². The first kappa shape index (κ1) is 9.27. The fraction of sp³-hybridized carbons (Fsp3) is 0.100. The van der Waals surface area contributed by atoms with Gasteiger partial charge in [-0.2, -0.15) is 0 Å². The third-order valence-corrected chi connectivity index (χ3v) is 2.37. The van der Waals surface area contributed by atoms with E-state index < -0.39 is 0 Å². The van der Waals surface area contributed by atoms with Gasteiger partial charge in [0.15, 0.2) is 4.67 Å². The van der Waals surface area contributed by atoms with Gasteiger partial charge in [-0.05, 0) is 39.2 Å². The second-order valence-corrected chi connectivity index (χ2v) is 3.79. The number of hydrogen-bond donors (Lipinski definition) is 1. The summed E-state index contributed by atoms with van der Waals surface area (Å²) in [5.41, 5.74) is 8.65. The van der Waals surface area contributed by atoms with E-state index >= 15 is 0 Å². The lowest BCUT2D eigenvalue weighted by Crippen LogP contribution is -1.95. The second-order valence-electron chi connectivity index (χ2n) is 3.01. The van der Waals surface area contributed by atoms with Crippen molar-refractivity contribution < 1.29 is 4.42 Å². The van der Waals surface area contributed by atoms with Crippen LogP contribution in [-0.2, 0) is 6.42 Å². The predicted molar refractivity (Wildman–Crippen MR) is 57.9 cm³/mol. The first-order valence-electron chi connectivity index (χ1n) is 4.17. The zero-order chi connectivity index (χ0) is 9.97. The van der Waals surface area contributed by atoms with Crippen molar-refractivity contribution in [1.29, 1.82) is 0 Å². The number of nitrogens with zero attached hydrogens (tertiary/aromatic N) is 1. The average molecular weight is 253 g/mol. The number of anilines is 1. The lowest BCUT2D eigenvalue weighted by atomic mass is 10.1. The number of nitrogens with two attached hydrogens (primary N) is 1. The molecule has 0 amide bonds. The highest BCUT2D eigenvalue weighted by Gasteiger charge is 2.03. The molecule has 2 aromatic rings. The molecule has 2 rings (SSSR count). The molecular formula is C10H9BrN2O. The van der Waals surface area contributed by atoms with E-state index in [-0.39, 0.29) is 0 Å². The molecule has 4 heteroatoms. The molecule has 0 bridgehead atoms. The largest absolute Gasteiger partial charge is 0.457 e. The van der Waals surface area contributed by atoms with Crippen molar-refractivity contribution in [1.82, 2.24) is 4.98 Å². The van der Waals surface area contributed by atoms with Gasteiger partial charge in [-0.3, -0.25) is 4.98 Å². The van der Waals surface area contributed by atoms with Gasteiger partial charge in [-0.25, -0.2) is 0 Å². The first-order chi connectivity index (χ1) is 6.75. The maximum Gasteiger partial charge on any atom is 0.169 e. The van der Waals surface area contributed by atoms with Crippen LogP contribution in [0, 0.1) is 0 Å².